The molecule has 0 fully saturated rings. The van der Waals surface area contributed by atoms with Crippen LogP contribution in [0.3, 0.4) is 0 Å². The number of hydrogen-bond donors (Lipinski definition) is 0. The van der Waals surface area contributed by atoms with Gasteiger partial charge in [0.15, 0.2) is 0 Å². The average molecular weight is 349 g/mol. The van der Waals surface area contributed by atoms with Crippen LogP contribution in [0.1, 0.15) is 20.8 Å². The van der Waals surface area contributed by atoms with E-state index < -0.39 is 0 Å². The Morgan fingerprint density at radius 1 is 0.938 bits per heavy atom. The molecule has 0 aliphatic carbocycles. The molecule has 0 aliphatic rings. The third-order valence-corrected chi connectivity index (χ3v) is 3.45. The summed E-state index contributed by atoms with van der Waals surface area (Å²) >= 11 is 6.80. The molecule has 0 amide bonds. The van der Waals surface area contributed by atoms with Crippen LogP contribution in [0.2, 0.25) is 0 Å². The van der Waals surface area contributed by atoms with Crippen LogP contribution >= 0.6 is 31.5 Å². The quantitative estimate of drug-likeness (QED) is 0.752. The fraction of sp³-hybridized carbons (Fsp3) is 0.500. The van der Waals surface area contributed by atoms with Crippen LogP contribution in [0.5, 0.6) is 0 Å². The number of nitrogens with zero attached hydrogens (tertiary/aromatic N) is 1. The van der Waals surface area contributed by atoms with Crippen molar-refractivity contribution in [2.75, 3.05) is 19.6 Å². The van der Waals surface area contributed by atoms with Crippen molar-refractivity contribution in [2.24, 2.45) is 0 Å². The average Bonchev–Trinajstić information content (AvgIpc) is 2.33. The lowest BCUT2D eigenvalue weighted by atomic mass is 9.96. The molecule has 0 saturated carbocycles. The van der Waals surface area contributed by atoms with Crippen LogP contribution < -0.4 is 5.46 Å². The zero-order valence-electron chi connectivity index (χ0n) is 10.3. The molecule has 0 aromatic heterocycles. The summed E-state index contributed by atoms with van der Waals surface area (Å²) in [6, 6.07) is 10.2. The van der Waals surface area contributed by atoms with Gasteiger partial charge in [-0.3, -0.25) is 0 Å². The van der Waals surface area contributed by atoms with Gasteiger partial charge >= 0.3 is 4.36 Å². The van der Waals surface area contributed by atoms with E-state index in [0.717, 1.165) is 0 Å². The zero-order chi connectivity index (χ0) is 12.4. The summed E-state index contributed by atoms with van der Waals surface area (Å²) in [6.45, 7) is 10.1. The molecule has 0 heterocycles. The van der Waals surface area contributed by atoms with Gasteiger partial charge in [0.25, 0.3) is 0 Å². The highest BCUT2D eigenvalue weighted by atomic mass is 79.9. The summed E-state index contributed by atoms with van der Waals surface area (Å²) in [5.74, 6) is 0. The summed E-state index contributed by atoms with van der Waals surface area (Å²) in [5.41, 5.74) is 1.25. The van der Waals surface area contributed by atoms with Gasteiger partial charge in [-0.15, -0.1) is 31.5 Å². The molecule has 1 rings (SSSR count). The molecule has 1 nitrogen and oxygen atoms in total. The van der Waals surface area contributed by atoms with Crippen molar-refractivity contribution < 1.29 is 0 Å². The fourth-order valence-electron chi connectivity index (χ4n) is 1.27. The summed E-state index contributed by atoms with van der Waals surface area (Å²) in [7, 11) is 0. The Morgan fingerprint density at radius 2 is 1.38 bits per heavy atom. The molecule has 0 spiro atoms. The van der Waals surface area contributed by atoms with Crippen LogP contribution in [0.4, 0.5) is 0 Å². The Bertz CT molecular complexity index is 245. The van der Waals surface area contributed by atoms with Crippen molar-refractivity contribution in [2.45, 2.75) is 20.8 Å². The number of halogens is 2. The van der Waals surface area contributed by atoms with Gasteiger partial charge in [-0.05, 0) is 19.6 Å². The molecule has 0 unspecified atom stereocenters. The van der Waals surface area contributed by atoms with E-state index in [1.807, 2.05) is 18.2 Å². The molecule has 16 heavy (non-hydrogen) atoms. The van der Waals surface area contributed by atoms with Crippen molar-refractivity contribution in [1.82, 2.24) is 4.90 Å². The number of hydrogen-bond acceptors (Lipinski definition) is 1. The molecule has 0 atom stereocenters. The van der Waals surface area contributed by atoms with E-state index in [1.54, 1.807) is 0 Å². The fourth-order valence-corrected chi connectivity index (χ4v) is 1.88. The first-order chi connectivity index (χ1) is 7.65. The van der Waals surface area contributed by atoms with Crippen LogP contribution in [0.25, 0.3) is 0 Å². The van der Waals surface area contributed by atoms with Crippen molar-refractivity contribution in [1.29, 1.82) is 0 Å². The topological polar surface area (TPSA) is 3.24 Å². The predicted octanol–water partition coefficient (Wildman–Crippen LogP) is 3.52. The van der Waals surface area contributed by atoms with Gasteiger partial charge in [0, 0.05) is 0 Å². The molecular weight excluding hydrogens is 329 g/mol. The minimum atomic E-state index is 0.284. The van der Waals surface area contributed by atoms with Crippen molar-refractivity contribution in [3.63, 3.8) is 0 Å². The molecule has 1 aromatic rings. The normalized spacial score (nSPS) is 9.62. The Balaban J connectivity index is 0.000000293. The second-order valence-electron chi connectivity index (χ2n) is 3.33. The van der Waals surface area contributed by atoms with Gasteiger partial charge in [0.1, 0.15) is 0 Å². The maximum absolute atomic E-state index is 3.40. The van der Waals surface area contributed by atoms with Crippen LogP contribution in [0.15, 0.2) is 30.3 Å². The lowest BCUT2D eigenvalue weighted by molar-refractivity contribution is 0.321. The van der Waals surface area contributed by atoms with Gasteiger partial charge in [0.2, 0.25) is 0 Å². The first-order valence-corrected chi connectivity index (χ1v) is 7.54. The van der Waals surface area contributed by atoms with Crippen LogP contribution in [-0.2, 0) is 0 Å². The van der Waals surface area contributed by atoms with Crippen LogP contribution in [-0.4, -0.2) is 28.9 Å². The first-order valence-electron chi connectivity index (χ1n) is 5.71. The van der Waals surface area contributed by atoms with Gasteiger partial charge < -0.3 is 4.90 Å². The molecule has 1 aromatic carbocycles. The highest BCUT2D eigenvalue weighted by Crippen LogP contribution is 2.01. The highest BCUT2D eigenvalue weighted by Gasteiger charge is 2.04. The van der Waals surface area contributed by atoms with E-state index >= 15 is 0 Å². The Kier molecular flexibility index (Phi) is 10.5. The number of benzene rings is 1. The van der Waals surface area contributed by atoms with Gasteiger partial charge in [-0.25, -0.2) is 0 Å². The van der Waals surface area contributed by atoms with E-state index in [9.17, 15) is 0 Å². The van der Waals surface area contributed by atoms with E-state index in [0.29, 0.717) is 0 Å². The van der Waals surface area contributed by atoms with Crippen LogP contribution in [0, 0.1) is 0 Å². The Labute approximate surface area is 117 Å². The minimum Gasteiger partial charge on any atom is -0.304 e. The second-order valence-corrected chi connectivity index (χ2v) is 6.39. The van der Waals surface area contributed by atoms with Crippen molar-refractivity contribution in [3.05, 3.63) is 30.3 Å². The maximum atomic E-state index is 3.40. The molecule has 0 bridgehead atoms. The molecule has 0 aliphatic heterocycles. The Hall–Kier alpha value is 0.205. The third kappa shape index (κ3) is 7.47. The van der Waals surface area contributed by atoms with Crippen molar-refractivity contribution in [3.8, 4) is 0 Å². The molecule has 0 radical (unpaired) electrons. The smallest absolute Gasteiger partial charge is 0.304 e. The SMILES string of the molecule is BrB(Br)c1ccccc1.CCN(CC)CC. The Morgan fingerprint density at radius 3 is 1.56 bits per heavy atom. The minimum absolute atomic E-state index is 0.284. The molecule has 0 N–H and O–H groups in total. The lowest BCUT2D eigenvalue weighted by Crippen LogP contribution is -2.21. The zero-order valence-corrected chi connectivity index (χ0v) is 13.5. The van der Waals surface area contributed by atoms with E-state index in [1.165, 1.54) is 25.1 Å². The molecule has 4 heteroatoms. The molecule has 0 saturated heterocycles. The standard InChI is InChI=1S/C6H5BBr2.C6H15N/c8-7(9)6-4-2-1-3-5-6;1-4-7(5-2)6-3/h1-5H;4-6H2,1-3H3. The first kappa shape index (κ1) is 16.2. The summed E-state index contributed by atoms with van der Waals surface area (Å²) < 4.78 is 0.284. The number of rotatable bonds is 4. The van der Waals surface area contributed by atoms with Gasteiger partial charge in [0.05, 0.1) is 0 Å². The lowest BCUT2D eigenvalue weighted by Gasteiger charge is -2.13. The van der Waals surface area contributed by atoms with Gasteiger partial charge in [-0.1, -0.05) is 56.6 Å². The maximum Gasteiger partial charge on any atom is 0.329 e. The summed E-state index contributed by atoms with van der Waals surface area (Å²) in [6.07, 6.45) is 0. The monoisotopic (exact) mass is 347 g/mol. The predicted molar refractivity (Wildman–Crippen MR) is 83.1 cm³/mol. The van der Waals surface area contributed by atoms with E-state index in [2.05, 4.69) is 69.3 Å². The van der Waals surface area contributed by atoms with E-state index in [4.69, 9.17) is 0 Å². The third-order valence-electron chi connectivity index (χ3n) is 2.39. The highest BCUT2D eigenvalue weighted by molar-refractivity contribution is 9.49. The van der Waals surface area contributed by atoms with E-state index in [-0.39, 0.29) is 4.36 Å². The van der Waals surface area contributed by atoms with Gasteiger partial charge in [-0.2, -0.15) is 0 Å². The molecular formula is C12H20BBr2N. The molecule has 90 valence electrons. The van der Waals surface area contributed by atoms with Crippen molar-refractivity contribution >= 4 is 41.3 Å². The largest absolute Gasteiger partial charge is 0.329 e. The summed E-state index contributed by atoms with van der Waals surface area (Å²) in [5, 5.41) is 0. The second kappa shape index (κ2) is 10.4. The summed E-state index contributed by atoms with van der Waals surface area (Å²) in [4.78, 5) is 2.38.